The minimum atomic E-state index is 0.222. The Morgan fingerprint density at radius 3 is 2.89 bits per heavy atom. The van der Waals surface area contributed by atoms with Gasteiger partial charge in [-0.05, 0) is 12.5 Å². The summed E-state index contributed by atoms with van der Waals surface area (Å²) in [6.45, 7) is 2.07. The number of hydrogen-bond acceptors (Lipinski definition) is 2. The average Bonchev–Trinajstić information content (AvgIpc) is 2.62. The Kier molecular flexibility index (Phi) is 2.01. The summed E-state index contributed by atoms with van der Waals surface area (Å²) < 4.78 is 5.12. The number of epoxide rings is 1. The van der Waals surface area contributed by atoms with E-state index in [1.807, 2.05) is 0 Å². The normalized spacial score (nSPS) is 33.0. The molecule has 1 fully saturated rings. The minimum Gasteiger partial charge on any atom is -0.365 e. The summed E-state index contributed by atoms with van der Waals surface area (Å²) in [6.07, 6.45) is 5.69. The topological polar surface area (TPSA) is 29.6 Å². The number of aldehydes is 1. The van der Waals surface area contributed by atoms with Crippen molar-refractivity contribution >= 4 is 6.29 Å². The van der Waals surface area contributed by atoms with Crippen LogP contribution in [0.4, 0.5) is 0 Å². The van der Waals surface area contributed by atoms with E-state index in [-0.39, 0.29) is 6.10 Å². The fourth-order valence-electron chi connectivity index (χ4n) is 0.809. The predicted molar refractivity (Wildman–Crippen MR) is 34.2 cm³/mol. The van der Waals surface area contributed by atoms with Gasteiger partial charge in [0.1, 0.15) is 12.4 Å². The van der Waals surface area contributed by atoms with Gasteiger partial charge < -0.3 is 4.74 Å². The Morgan fingerprint density at radius 2 is 2.44 bits per heavy atom. The molecule has 0 N–H and O–H groups in total. The van der Waals surface area contributed by atoms with Crippen molar-refractivity contribution in [3.8, 4) is 0 Å². The van der Waals surface area contributed by atoms with Gasteiger partial charge in [0.2, 0.25) is 0 Å². The van der Waals surface area contributed by atoms with E-state index in [1.165, 1.54) is 6.08 Å². The molecule has 0 aromatic heterocycles. The Hall–Kier alpha value is -0.630. The zero-order valence-corrected chi connectivity index (χ0v) is 5.41. The molecule has 0 amide bonds. The number of ether oxygens (including phenoxy) is 1. The van der Waals surface area contributed by atoms with Gasteiger partial charge in [-0.3, -0.25) is 4.79 Å². The summed E-state index contributed by atoms with van der Waals surface area (Å²) >= 11 is 0. The van der Waals surface area contributed by atoms with Crippen LogP contribution in [0.2, 0.25) is 0 Å². The summed E-state index contributed by atoms with van der Waals surface area (Å²) in [5, 5.41) is 0. The zero-order chi connectivity index (χ0) is 6.69. The quantitative estimate of drug-likeness (QED) is 0.319. The highest BCUT2D eigenvalue weighted by molar-refractivity contribution is 5.64. The van der Waals surface area contributed by atoms with Gasteiger partial charge in [-0.15, -0.1) is 0 Å². The van der Waals surface area contributed by atoms with Crippen LogP contribution in [0.5, 0.6) is 0 Å². The second-order valence-electron chi connectivity index (χ2n) is 2.07. The fraction of sp³-hybridized carbons (Fsp3) is 0.571. The predicted octanol–water partition coefficient (Wildman–Crippen LogP) is 0.919. The number of carbonyl (C=O) groups is 1. The molecule has 1 saturated heterocycles. The molecule has 1 rings (SSSR count). The van der Waals surface area contributed by atoms with Gasteiger partial charge in [0.05, 0.1) is 6.10 Å². The zero-order valence-electron chi connectivity index (χ0n) is 5.41. The van der Waals surface area contributed by atoms with Crippen molar-refractivity contribution in [1.29, 1.82) is 0 Å². The highest BCUT2D eigenvalue weighted by atomic mass is 16.6. The van der Waals surface area contributed by atoms with Gasteiger partial charge in [0.25, 0.3) is 0 Å². The average molecular weight is 126 g/mol. The molecule has 2 nitrogen and oxygen atoms in total. The Morgan fingerprint density at radius 1 is 1.67 bits per heavy atom. The first kappa shape index (κ1) is 6.49. The third kappa shape index (κ3) is 1.64. The van der Waals surface area contributed by atoms with Gasteiger partial charge in [-0.25, -0.2) is 0 Å². The van der Waals surface area contributed by atoms with E-state index in [0.717, 1.165) is 12.7 Å². The van der Waals surface area contributed by atoms with E-state index in [9.17, 15) is 4.79 Å². The van der Waals surface area contributed by atoms with Gasteiger partial charge in [-0.1, -0.05) is 13.0 Å². The number of hydrogen-bond donors (Lipinski definition) is 0. The largest absolute Gasteiger partial charge is 0.365 e. The summed E-state index contributed by atoms with van der Waals surface area (Å²) in [5.41, 5.74) is 0. The second kappa shape index (κ2) is 2.78. The van der Waals surface area contributed by atoms with Crippen LogP contribution in [0.1, 0.15) is 13.3 Å². The molecule has 0 aromatic rings. The molecule has 1 heterocycles. The molecule has 0 radical (unpaired) electrons. The highest BCUT2D eigenvalue weighted by Crippen LogP contribution is 2.25. The molecule has 2 atom stereocenters. The molecule has 0 saturated carbocycles. The third-order valence-electron chi connectivity index (χ3n) is 1.40. The molecule has 0 unspecified atom stereocenters. The Bertz CT molecular complexity index is 129. The number of carbonyl (C=O) groups excluding carboxylic acids is 1. The van der Waals surface area contributed by atoms with Crippen molar-refractivity contribution in [3.05, 3.63) is 12.2 Å². The van der Waals surface area contributed by atoms with Crippen LogP contribution in [0.15, 0.2) is 12.2 Å². The molecule has 0 aliphatic carbocycles. The molecular weight excluding hydrogens is 116 g/mol. The van der Waals surface area contributed by atoms with Crippen molar-refractivity contribution in [2.75, 3.05) is 0 Å². The van der Waals surface area contributed by atoms with Crippen LogP contribution in [0.25, 0.3) is 0 Å². The third-order valence-corrected chi connectivity index (χ3v) is 1.40. The number of rotatable bonds is 3. The lowest BCUT2D eigenvalue weighted by molar-refractivity contribution is -0.104. The van der Waals surface area contributed by atoms with Crippen LogP contribution in [0.3, 0.4) is 0 Å². The second-order valence-corrected chi connectivity index (χ2v) is 2.07. The molecule has 50 valence electrons. The summed E-state index contributed by atoms with van der Waals surface area (Å²) in [4.78, 5) is 9.79. The molecule has 1 aliphatic heterocycles. The van der Waals surface area contributed by atoms with E-state index in [2.05, 4.69) is 6.92 Å². The Labute approximate surface area is 54.5 Å². The maximum atomic E-state index is 9.79. The van der Waals surface area contributed by atoms with Crippen molar-refractivity contribution in [3.63, 3.8) is 0 Å². The van der Waals surface area contributed by atoms with Gasteiger partial charge in [-0.2, -0.15) is 0 Å². The van der Waals surface area contributed by atoms with Gasteiger partial charge >= 0.3 is 0 Å². The van der Waals surface area contributed by atoms with E-state index in [4.69, 9.17) is 4.74 Å². The summed E-state index contributed by atoms with van der Waals surface area (Å²) in [5.74, 6) is 0. The molecule has 1 aliphatic rings. The van der Waals surface area contributed by atoms with Crippen molar-refractivity contribution in [2.24, 2.45) is 0 Å². The van der Waals surface area contributed by atoms with Crippen LogP contribution >= 0.6 is 0 Å². The monoisotopic (exact) mass is 126 g/mol. The van der Waals surface area contributed by atoms with E-state index in [1.54, 1.807) is 6.08 Å². The van der Waals surface area contributed by atoms with Crippen LogP contribution in [-0.2, 0) is 9.53 Å². The molecular formula is C7H10O2. The lowest BCUT2D eigenvalue weighted by Gasteiger charge is -1.75. The molecule has 2 heteroatoms. The molecule has 9 heavy (non-hydrogen) atoms. The number of allylic oxidation sites excluding steroid dienone is 1. The van der Waals surface area contributed by atoms with Crippen LogP contribution in [-0.4, -0.2) is 18.5 Å². The van der Waals surface area contributed by atoms with Gasteiger partial charge in [0, 0.05) is 0 Å². The van der Waals surface area contributed by atoms with Gasteiger partial charge in [0.15, 0.2) is 0 Å². The van der Waals surface area contributed by atoms with Crippen LogP contribution < -0.4 is 0 Å². The first-order chi connectivity index (χ1) is 4.38. The molecule has 0 aromatic carbocycles. The van der Waals surface area contributed by atoms with E-state index in [0.29, 0.717) is 6.10 Å². The van der Waals surface area contributed by atoms with E-state index >= 15 is 0 Å². The lowest BCUT2D eigenvalue weighted by atomic mass is 10.2. The van der Waals surface area contributed by atoms with Crippen molar-refractivity contribution < 1.29 is 9.53 Å². The smallest absolute Gasteiger partial charge is 0.142 e. The minimum absolute atomic E-state index is 0.222. The van der Waals surface area contributed by atoms with Crippen molar-refractivity contribution in [2.45, 2.75) is 25.6 Å². The molecule has 0 spiro atoms. The Balaban J connectivity index is 2.18. The van der Waals surface area contributed by atoms with Crippen molar-refractivity contribution in [1.82, 2.24) is 0 Å². The first-order valence-corrected chi connectivity index (χ1v) is 3.16. The summed E-state index contributed by atoms with van der Waals surface area (Å²) in [7, 11) is 0. The van der Waals surface area contributed by atoms with E-state index < -0.39 is 0 Å². The maximum Gasteiger partial charge on any atom is 0.142 e. The lowest BCUT2D eigenvalue weighted by Crippen LogP contribution is -1.85. The fourth-order valence-corrected chi connectivity index (χ4v) is 0.809. The first-order valence-electron chi connectivity index (χ1n) is 3.16. The standard InChI is InChI=1S/C7H10O2/c1-2-6-7(9-6)4-3-5-8/h3-7H,2H2,1H3/b4-3+/t6-,7+/m0/s1. The highest BCUT2D eigenvalue weighted by Gasteiger charge is 2.33. The SMILES string of the molecule is CC[C@@H]1O[C@@H]1/C=C/C=O. The maximum absolute atomic E-state index is 9.79. The van der Waals surface area contributed by atoms with Crippen LogP contribution in [0, 0.1) is 0 Å². The molecule has 0 bridgehead atoms. The summed E-state index contributed by atoms with van der Waals surface area (Å²) in [6, 6.07) is 0.